The predicted molar refractivity (Wildman–Crippen MR) is 102 cm³/mol. The molecule has 0 unspecified atom stereocenters. The molecule has 0 aliphatic heterocycles. The quantitative estimate of drug-likeness (QED) is 0.447. The Hall–Kier alpha value is -2.56. The molecule has 0 aromatic heterocycles. The number of carbonyl (C=O) groups excluding carboxylic acids is 1. The molecule has 0 aliphatic rings. The molecule has 1 amide bonds. The molecule has 2 aromatic carbocycles. The average Bonchev–Trinajstić information content (AvgIpc) is 2.60. The highest BCUT2D eigenvalue weighted by molar-refractivity contribution is 5.94. The van der Waals surface area contributed by atoms with E-state index in [0.29, 0.717) is 24.3 Å². The highest BCUT2D eigenvalue weighted by Crippen LogP contribution is 2.23. The van der Waals surface area contributed by atoms with Crippen molar-refractivity contribution < 1.29 is 9.18 Å². The molecule has 0 radical (unpaired) electrons. The van der Waals surface area contributed by atoms with Gasteiger partial charge >= 0.3 is 0 Å². The number of nitrogens with one attached hydrogen (secondary N) is 2. The van der Waals surface area contributed by atoms with E-state index in [4.69, 9.17) is 5.73 Å². The van der Waals surface area contributed by atoms with Gasteiger partial charge in [-0.05, 0) is 42.3 Å². The number of rotatable bonds is 9. The zero-order chi connectivity index (χ0) is 18.1. The van der Waals surface area contributed by atoms with Crippen LogP contribution >= 0.6 is 0 Å². The summed E-state index contributed by atoms with van der Waals surface area (Å²) in [7, 11) is 0. The predicted octanol–water partition coefficient (Wildman–Crippen LogP) is 4.93. The Bertz CT molecular complexity index is 686. The van der Waals surface area contributed by atoms with Gasteiger partial charge in [-0.2, -0.15) is 0 Å². The van der Waals surface area contributed by atoms with Gasteiger partial charge in [-0.15, -0.1) is 0 Å². The average molecular weight is 343 g/mol. The molecule has 0 aliphatic carbocycles. The molecule has 0 saturated heterocycles. The molecule has 0 saturated carbocycles. The Labute approximate surface area is 148 Å². The minimum Gasteiger partial charge on any atom is -0.397 e. The first-order valence-corrected chi connectivity index (χ1v) is 8.76. The molecule has 134 valence electrons. The summed E-state index contributed by atoms with van der Waals surface area (Å²) in [6.07, 6.45) is 4.80. The van der Waals surface area contributed by atoms with Crippen LogP contribution in [0.3, 0.4) is 0 Å². The third kappa shape index (κ3) is 6.45. The van der Waals surface area contributed by atoms with Crippen molar-refractivity contribution in [3.05, 3.63) is 53.8 Å². The Morgan fingerprint density at radius 3 is 2.52 bits per heavy atom. The number of nitrogen functional groups attached to an aromatic ring is 1. The maximum atomic E-state index is 12.9. The van der Waals surface area contributed by atoms with E-state index >= 15 is 0 Å². The lowest BCUT2D eigenvalue weighted by atomic mass is 10.1. The number of hydrogen-bond acceptors (Lipinski definition) is 3. The second kappa shape index (κ2) is 9.67. The first kappa shape index (κ1) is 18.8. The SMILES string of the molecule is CCCCCCC(=O)Nc1ccc(NCc2ccc(F)cc2)cc1N. The van der Waals surface area contributed by atoms with Gasteiger partial charge in [0.05, 0.1) is 11.4 Å². The molecule has 0 heterocycles. The second-order valence-corrected chi connectivity index (χ2v) is 6.14. The Balaban J connectivity index is 1.84. The maximum Gasteiger partial charge on any atom is 0.224 e. The van der Waals surface area contributed by atoms with Gasteiger partial charge in [0.1, 0.15) is 5.82 Å². The lowest BCUT2D eigenvalue weighted by Crippen LogP contribution is -2.12. The van der Waals surface area contributed by atoms with Crippen LogP contribution < -0.4 is 16.4 Å². The van der Waals surface area contributed by atoms with E-state index in [1.807, 2.05) is 6.07 Å². The van der Waals surface area contributed by atoms with Crippen LogP contribution in [0.25, 0.3) is 0 Å². The Kier molecular flexibility index (Phi) is 7.26. The number of hydrogen-bond donors (Lipinski definition) is 3. The fourth-order valence-corrected chi connectivity index (χ4v) is 2.52. The zero-order valence-electron chi connectivity index (χ0n) is 14.6. The molecular formula is C20H26FN3O. The van der Waals surface area contributed by atoms with Gasteiger partial charge in [0.2, 0.25) is 5.91 Å². The zero-order valence-corrected chi connectivity index (χ0v) is 14.6. The van der Waals surface area contributed by atoms with E-state index < -0.39 is 0 Å². The summed E-state index contributed by atoms with van der Waals surface area (Å²) in [5, 5.41) is 6.10. The number of anilines is 3. The van der Waals surface area contributed by atoms with Gasteiger partial charge in [-0.25, -0.2) is 4.39 Å². The lowest BCUT2D eigenvalue weighted by Gasteiger charge is -2.12. The van der Waals surface area contributed by atoms with Crippen molar-refractivity contribution in [2.75, 3.05) is 16.4 Å². The molecule has 0 fully saturated rings. The van der Waals surface area contributed by atoms with Crippen molar-refractivity contribution in [3.63, 3.8) is 0 Å². The van der Waals surface area contributed by atoms with E-state index in [2.05, 4.69) is 17.6 Å². The molecule has 2 aromatic rings. The van der Waals surface area contributed by atoms with Gasteiger partial charge in [0.25, 0.3) is 0 Å². The normalized spacial score (nSPS) is 10.5. The van der Waals surface area contributed by atoms with E-state index in [1.54, 1.807) is 24.3 Å². The third-order valence-electron chi connectivity index (χ3n) is 3.99. The van der Waals surface area contributed by atoms with Crippen LogP contribution in [-0.4, -0.2) is 5.91 Å². The van der Waals surface area contributed by atoms with E-state index in [1.165, 1.54) is 12.1 Å². The van der Waals surface area contributed by atoms with Crippen LogP contribution in [-0.2, 0) is 11.3 Å². The Morgan fingerprint density at radius 1 is 1.08 bits per heavy atom. The van der Waals surface area contributed by atoms with Crippen molar-refractivity contribution >= 4 is 23.0 Å². The van der Waals surface area contributed by atoms with E-state index in [0.717, 1.165) is 36.9 Å². The minimum atomic E-state index is -0.247. The smallest absolute Gasteiger partial charge is 0.224 e. The van der Waals surface area contributed by atoms with Gasteiger partial charge in [0.15, 0.2) is 0 Å². The highest BCUT2D eigenvalue weighted by Gasteiger charge is 2.06. The fraction of sp³-hybridized carbons (Fsp3) is 0.350. The van der Waals surface area contributed by atoms with Crippen molar-refractivity contribution in [3.8, 4) is 0 Å². The molecule has 0 spiro atoms. The van der Waals surface area contributed by atoms with E-state index in [9.17, 15) is 9.18 Å². The molecule has 5 heteroatoms. The molecule has 0 atom stereocenters. The summed E-state index contributed by atoms with van der Waals surface area (Å²) >= 11 is 0. The van der Waals surface area contributed by atoms with Gasteiger partial charge < -0.3 is 16.4 Å². The third-order valence-corrected chi connectivity index (χ3v) is 3.99. The number of benzene rings is 2. The summed E-state index contributed by atoms with van der Waals surface area (Å²) in [5.41, 5.74) is 9.01. The van der Waals surface area contributed by atoms with Gasteiger partial charge in [-0.1, -0.05) is 38.3 Å². The van der Waals surface area contributed by atoms with Crippen LogP contribution in [0.15, 0.2) is 42.5 Å². The van der Waals surface area contributed by atoms with E-state index in [-0.39, 0.29) is 11.7 Å². The monoisotopic (exact) mass is 343 g/mol. The minimum absolute atomic E-state index is 0.00479. The van der Waals surface area contributed by atoms with Crippen LogP contribution in [0.4, 0.5) is 21.5 Å². The van der Waals surface area contributed by atoms with Crippen LogP contribution in [0, 0.1) is 5.82 Å². The summed E-state index contributed by atoms with van der Waals surface area (Å²) in [4.78, 5) is 11.9. The molecule has 25 heavy (non-hydrogen) atoms. The van der Waals surface area contributed by atoms with Gasteiger partial charge in [0, 0.05) is 18.7 Å². The summed E-state index contributed by atoms with van der Waals surface area (Å²) < 4.78 is 12.9. The van der Waals surface area contributed by atoms with Gasteiger partial charge in [-0.3, -0.25) is 4.79 Å². The molecule has 4 N–H and O–H groups in total. The first-order chi connectivity index (χ1) is 12.1. The van der Waals surface area contributed by atoms with Crippen molar-refractivity contribution in [2.24, 2.45) is 0 Å². The molecule has 2 rings (SSSR count). The summed E-state index contributed by atoms with van der Waals surface area (Å²) in [6.45, 7) is 2.72. The van der Waals surface area contributed by atoms with Crippen LogP contribution in [0.2, 0.25) is 0 Å². The number of halogens is 1. The summed E-state index contributed by atoms with van der Waals surface area (Å²) in [5.74, 6) is -0.252. The van der Waals surface area contributed by atoms with Crippen LogP contribution in [0.5, 0.6) is 0 Å². The lowest BCUT2D eigenvalue weighted by molar-refractivity contribution is -0.116. The fourth-order valence-electron chi connectivity index (χ4n) is 2.52. The largest absolute Gasteiger partial charge is 0.397 e. The number of amides is 1. The number of nitrogens with two attached hydrogens (primary N) is 1. The number of unbranched alkanes of at least 4 members (excludes halogenated alkanes) is 3. The standard InChI is InChI=1S/C20H26FN3O/c1-2-3-4-5-6-20(25)24-19-12-11-17(13-18(19)22)23-14-15-7-9-16(21)10-8-15/h7-13,23H,2-6,14,22H2,1H3,(H,24,25). The maximum absolute atomic E-state index is 12.9. The topological polar surface area (TPSA) is 67.2 Å². The molecular weight excluding hydrogens is 317 g/mol. The van der Waals surface area contributed by atoms with Crippen molar-refractivity contribution in [1.29, 1.82) is 0 Å². The second-order valence-electron chi connectivity index (χ2n) is 6.14. The molecule has 0 bridgehead atoms. The first-order valence-electron chi connectivity index (χ1n) is 8.76. The van der Waals surface area contributed by atoms with Crippen LogP contribution in [0.1, 0.15) is 44.6 Å². The van der Waals surface area contributed by atoms with Crippen molar-refractivity contribution in [2.45, 2.75) is 45.6 Å². The summed E-state index contributed by atoms with van der Waals surface area (Å²) in [6, 6.07) is 11.8. The Morgan fingerprint density at radius 2 is 1.84 bits per heavy atom. The molecule has 4 nitrogen and oxygen atoms in total. The highest BCUT2D eigenvalue weighted by atomic mass is 19.1. The number of carbonyl (C=O) groups is 1. The van der Waals surface area contributed by atoms with Crippen molar-refractivity contribution in [1.82, 2.24) is 0 Å².